The number of nitrogens with zero attached hydrogens (tertiary/aromatic N) is 1. The Morgan fingerprint density at radius 1 is 1.17 bits per heavy atom. The number of nitrogens with one attached hydrogen (secondary N) is 1. The number of aromatic carboxylic acids is 1. The number of hydrogen-bond donors (Lipinski definition) is 2. The molecule has 2 aromatic carbocycles. The van der Waals surface area contributed by atoms with Crippen LogP contribution in [0.15, 0.2) is 36.5 Å². The van der Waals surface area contributed by atoms with Crippen LogP contribution in [-0.4, -0.2) is 22.5 Å². The number of rotatable bonds is 9. The van der Waals surface area contributed by atoms with Gasteiger partial charge < -0.3 is 15.3 Å². The van der Waals surface area contributed by atoms with Gasteiger partial charge in [0.05, 0.1) is 11.3 Å². The number of fused-ring (bicyclic) bond motifs is 1. The van der Waals surface area contributed by atoms with Gasteiger partial charge in [-0.3, -0.25) is 0 Å². The number of carboxylic acids is 1. The van der Waals surface area contributed by atoms with Gasteiger partial charge in [0.15, 0.2) is 0 Å². The molecule has 0 unspecified atom stereocenters. The minimum atomic E-state index is -0.875. The average molecular weight is 405 g/mol. The van der Waals surface area contributed by atoms with Crippen molar-refractivity contribution in [2.24, 2.45) is 0 Å². The van der Waals surface area contributed by atoms with Crippen LogP contribution in [0.1, 0.15) is 84.0 Å². The Labute approximate surface area is 179 Å². The maximum Gasteiger partial charge on any atom is 0.337 e. The van der Waals surface area contributed by atoms with Crippen molar-refractivity contribution < 1.29 is 9.90 Å². The lowest BCUT2D eigenvalue weighted by molar-refractivity contribution is 0.0698. The molecule has 158 valence electrons. The van der Waals surface area contributed by atoms with E-state index in [0.717, 1.165) is 42.7 Å². The van der Waals surface area contributed by atoms with Crippen LogP contribution in [0, 0.1) is 6.92 Å². The molecule has 0 bridgehead atoms. The monoisotopic (exact) mass is 404 g/mol. The molecular formula is C26H32N2O2. The molecule has 1 aliphatic heterocycles. The molecule has 4 heteroatoms. The van der Waals surface area contributed by atoms with E-state index in [4.69, 9.17) is 0 Å². The topological polar surface area (TPSA) is 52.6 Å². The molecule has 0 amide bonds. The third-order valence-electron chi connectivity index (χ3n) is 6.19. The molecule has 1 heterocycles. The van der Waals surface area contributed by atoms with Crippen molar-refractivity contribution in [1.82, 2.24) is 4.90 Å². The summed E-state index contributed by atoms with van der Waals surface area (Å²) in [6.45, 7) is 6.28. The van der Waals surface area contributed by atoms with Gasteiger partial charge in [0.25, 0.3) is 0 Å². The Morgan fingerprint density at radius 2 is 2.00 bits per heavy atom. The molecule has 1 saturated carbocycles. The van der Waals surface area contributed by atoms with Crippen molar-refractivity contribution in [3.05, 3.63) is 64.3 Å². The van der Waals surface area contributed by atoms with E-state index in [1.54, 1.807) is 0 Å². The molecule has 0 radical (unpaired) electrons. The van der Waals surface area contributed by atoms with Gasteiger partial charge >= 0.3 is 5.97 Å². The van der Waals surface area contributed by atoms with Crippen molar-refractivity contribution in [2.45, 2.75) is 64.8 Å². The van der Waals surface area contributed by atoms with Crippen molar-refractivity contribution in [1.29, 1.82) is 0 Å². The number of carbonyl (C=O) groups is 1. The summed E-state index contributed by atoms with van der Waals surface area (Å²) in [5.41, 5.74) is 6.66. The minimum Gasteiger partial charge on any atom is -0.478 e. The second kappa shape index (κ2) is 8.95. The molecule has 0 saturated heterocycles. The summed E-state index contributed by atoms with van der Waals surface area (Å²) in [5.74, 6) is -0.339. The summed E-state index contributed by atoms with van der Waals surface area (Å²) in [4.78, 5) is 14.3. The third-order valence-corrected chi connectivity index (χ3v) is 6.19. The van der Waals surface area contributed by atoms with E-state index in [2.05, 4.69) is 53.7 Å². The maximum absolute atomic E-state index is 11.9. The molecule has 0 spiro atoms. The smallest absolute Gasteiger partial charge is 0.337 e. The number of hydrogen-bond acceptors (Lipinski definition) is 3. The molecule has 1 aliphatic carbocycles. The molecule has 1 fully saturated rings. The molecule has 4 rings (SSSR count). The van der Waals surface area contributed by atoms with E-state index >= 15 is 0 Å². The number of unbranched alkanes of at least 4 members (excludes halogenated alkanes) is 3. The second-order valence-corrected chi connectivity index (χ2v) is 8.73. The van der Waals surface area contributed by atoms with E-state index in [1.165, 1.54) is 36.8 Å². The van der Waals surface area contributed by atoms with Gasteiger partial charge in [0, 0.05) is 18.8 Å². The lowest BCUT2D eigenvalue weighted by Gasteiger charge is -2.26. The van der Waals surface area contributed by atoms with E-state index in [-0.39, 0.29) is 0 Å². The van der Waals surface area contributed by atoms with Crippen LogP contribution in [0.3, 0.4) is 0 Å². The largest absolute Gasteiger partial charge is 0.478 e. The Bertz CT molecular complexity index is 960. The van der Waals surface area contributed by atoms with E-state index in [1.807, 2.05) is 13.0 Å². The van der Waals surface area contributed by atoms with Crippen molar-refractivity contribution in [3.8, 4) is 0 Å². The summed E-state index contributed by atoms with van der Waals surface area (Å²) < 4.78 is 0. The highest BCUT2D eigenvalue weighted by Gasteiger charge is 2.26. The first-order valence-electron chi connectivity index (χ1n) is 11.2. The number of anilines is 2. The molecule has 0 aromatic heterocycles. The van der Waals surface area contributed by atoms with Crippen LogP contribution in [0.4, 0.5) is 11.4 Å². The van der Waals surface area contributed by atoms with Gasteiger partial charge in [-0.05, 0) is 84.8 Å². The molecule has 4 nitrogen and oxygen atoms in total. The highest BCUT2D eigenvalue weighted by molar-refractivity contribution is 5.96. The molecule has 30 heavy (non-hydrogen) atoms. The molecule has 2 aromatic rings. The first-order chi connectivity index (χ1) is 14.5. The molecule has 2 N–H and O–H groups in total. The Balaban J connectivity index is 1.49. The van der Waals surface area contributed by atoms with Crippen LogP contribution < -0.4 is 5.32 Å². The SMILES string of the molecule is CCCCCCN1C=Cc2cc(Nc3c(C)cc(C4CC4)cc3C(=O)O)ccc2C1. The van der Waals surface area contributed by atoms with Crippen molar-refractivity contribution in [3.63, 3.8) is 0 Å². The minimum absolute atomic E-state index is 0.364. The van der Waals surface area contributed by atoms with Gasteiger partial charge in [0.2, 0.25) is 0 Å². The zero-order valence-corrected chi connectivity index (χ0v) is 18.1. The fraction of sp³-hybridized carbons (Fsp3) is 0.423. The summed E-state index contributed by atoms with van der Waals surface area (Å²) in [5, 5.41) is 13.2. The van der Waals surface area contributed by atoms with Gasteiger partial charge in [-0.25, -0.2) is 4.79 Å². The fourth-order valence-electron chi connectivity index (χ4n) is 4.27. The number of benzene rings is 2. The summed E-state index contributed by atoms with van der Waals surface area (Å²) in [7, 11) is 0. The first-order valence-corrected chi connectivity index (χ1v) is 11.2. The zero-order valence-electron chi connectivity index (χ0n) is 18.1. The number of carboxylic acid groups (broad SMARTS) is 1. The van der Waals surface area contributed by atoms with Crippen LogP contribution in [-0.2, 0) is 6.54 Å². The van der Waals surface area contributed by atoms with E-state index in [0.29, 0.717) is 17.2 Å². The van der Waals surface area contributed by atoms with Crippen LogP contribution in [0.2, 0.25) is 0 Å². The van der Waals surface area contributed by atoms with Crippen molar-refractivity contribution >= 4 is 23.4 Å². The normalized spacial score (nSPS) is 15.2. The first kappa shape index (κ1) is 20.5. The maximum atomic E-state index is 11.9. The van der Waals surface area contributed by atoms with Gasteiger partial charge in [-0.1, -0.05) is 38.3 Å². The lowest BCUT2D eigenvalue weighted by atomic mass is 9.99. The lowest BCUT2D eigenvalue weighted by Crippen LogP contribution is -2.21. The summed E-state index contributed by atoms with van der Waals surface area (Å²) in [6.07, 6.45) is 11.8. The third kappa shape index (κ3) is 4.69. The molecular weight excluding hydrogens is 372 g/mol. The predicted molar refractivity (Wildman–Crippen MR) is 123 cm³/mol. The average Bonchev–Trinajstić information content (AvgIpc) is 3.57. The quantitative estimate of drug-likeness (QED) is 0.458. The van der Waals surface area contributed by atoms with Gasteiger partial charge in [-0.2, -0.15) is 0 Å². The fourth-order valence-corrected chi connectivity index (χ4v) is 4.27. The van der Waals surface area contributed by atoms with Crippen LogP contribution in [0.25, 0.3) is 6.08 Å². The summed E-state index contributed by atoms with van der Waals surface area (Å²) >= 11 is 0. The molecule has 2 aliphatic rings. The second-order valence-electron chi connectivity index (χ2n) is 8.73. The van der Waals surface area contributed by atoms with Crippen LogP contribution >= 0.6 is 0 Å². The Kier molecular flexibility index (Phi) is 6.12. The predicted octanol–water partition coefficient (Wildman–Crippen LogP) is 6.68. The highest BCUT2D eigenvalue weighted by Crippen LogP contribution is 2.42. The molecule has 0 atom stereocenters. The van der Waals surface area contributed by atoms with Gasteiger partial charge in [-0.15, -0.1) is 0 Å². The van der Waals surface area contributed by atoms with Gasteiger partial charge in [0.1, 0.15) is 0 Å². The zero-order chi connectivity index (χ0) is 21.1. The van der Waals surface area contributed by atoms with E-state index < -0.39 is 5.97 Å². The number of aryl methyl sites for hydroxylation is 1. The van der Waals surface area contributed by atoms with E-state index in [9.17, 15) is 9.90 Å². The Hall–Kier alpha value is -2.75. The van der Waals surface area contributed by atoms with Crippen molar-refractivity contribution in [2.75, 3.05) is 11.9 Å². The standard InChI is InChI=1S/C26H32N2O2/c1-3-4-5-6-12-28-13-11-20-15-23(10-9-21(20)17-28)27-25-18(2)14-22(19-7-8-19)16-24(25)26(29)30/h9-11,13-16,19,27H,3-8,12,17H2,1-2H3,(H,29,30). The highest BCUT2D eigenvalue weighted by atomic mass is 16.4. The Morgan fingerprint density at radius 3 is 2.73 bits per heavy atom. The van der Waals surface area contributed by atoms with Crippen LogP contribution in [0.5, 0.6) is 0 Å². The summed E-state index contributed by atoms with van der Waals surface area (Å²) in [6, 6.07) is 10.3.